The maximum absolute atomic E-state index is 14.4. The smallest absolute Gasteiger partial charge is 0.262 e. The van der Waals surface area contributed by atoms with Crippen molar-refractivity contribution in [1.82, 2.24) is 5.32 Å². The first-order chi connectivity index (χ1) is 12.9. The maximum Gasteiger partial charge on any atom is 0.262 e. The Hall–Kier alpha value is -2.96. The molecule has 1 aliphatic carbocycles. The maximum atomic E-state index is 14.4. The Morgan fingerprint density at radius 2 is 1.85 bits per heavy atom. The zero-order valence-corrected chi connectivity index (χ0v) is 14.6. The number of rotatable bonds is 3. The highest BCUT2D eigenvalue weighted by atomic mass is 19.1. The van der Waals surface area contributed by atoms with E-state index in [1.807, 2.05) is 6.92 Å². The standard InChI is InChI=1S/C20H18F2N2O3/c1-11-8-20(9-11,17-13(21)5-3-6-14(17)22)24-19(26)12-4-2-7-15-18(12)23-16(25)10-27-15/h2-7,11H,8-10H2,1H3,(H,23,25)(H,24,26). The second-order valence-corrected chi connectivity index (χ2v) is 7.16. The molecule has 7 heteroatoms. The van der Waals surface area contributed by atoms with E-state index in [4.69, 9.17) is 4.74 Å². The SMILES string of the molecule is CC1CC(NC(=O)c2cccc3c2NC(=O)CO3)(c2c(F)cccc2F)C1. The molecule has 0 unspecified atom stereocenters. The van der Waals surface area contributed by atoms with Crippen LogP contribution in [0.4, 0.5) is 14.5 Å². The Morgan fingerprint density at radius 1 is 1.19 bits per heavy atom. The lowest BCUT2D eigenvalue weighted by molar-refractivity contribution is -0.118. The van der Waals surface area contributed by atoms with E-state index in [1.54, 1.807) is 12.1 Å². The third-order valence-electron chi connectivity index (χ3n) is 5.08. The van der Waals surface area contributed by atoms with Crippen molar-refractivity contribution in [2.24, 2.45) is 5.92 Å². The van der Waals surface area contributed by atoms with Gasteiger partial charge in [-0.15, -0.1) is 0 Å². The molecule has 1 fully saturated rings. The molecule has 4 rings (SSSR count). The van der Waals surface area contributed by atoms with Crippen molar-refractivity contribution in [3.63, 3.8) is 0 Å². The number of anilines is 1. The molecule has 0 aromatic heterocycles. The van der Waals surface area contributed by atoms with Crippen molar-refractivity contribution in [2.45, 2.75) is 25.3 Å². The minimum atomic E-state index is -1.12. The molecular formula is C20H18F2N2O3. The van der Waals surface area contributed by atoms with Gasteiger partial charge in [-0.1, -0.05) is 19.1 Å². The van der Waals surface area contributed by atoms with Crippen LogP contribution in [0.5, 0.6) is 5.75 Å². The van der Waals surface area contributed by atoms with E-state index in [0.29, 0.717) is 18.6 Å². The van der Waals surface area contributed by atoms with E-state index >= 15 is 0 Å². The second kappa shape index (κ2) is 6.33. The Morgan fingerprint density at radius 3 is 2.52 bits per heavy atom. The first-order valence-electron chi connectivity index (χ1n) is 8.72. The quantitative estimate of drug-likeness (QED) is 0.868. The molecule has 1 saturated carbocycles. The summed E-state index contributed by atoms with van der Waals surface area (Å²) >= 11 is 0. The lowest BCUT2D eigenvalue weighted by Gasteiger charge is -2.47. The lowest BCUT2D eigenvalue weighted by atomic mass is 9.65. The van der Waals surface area contributed by atoms with Gasteiger partial charge in [-0.05, 0) is 43.0 Å². The van der Waals surface area contributed by atoms with Gasteiger partial charge in [0.25, 0.3) is 11.8 Å². The number of nitrogens with one attached hydrogen (secondary N) is 2. The first kappa shape index (κ1) is 17.5. The van der Waals surface area contributed by atoms with E-state index < -0.39 is 23.1 Å². The van der Waals surface area contributed by atoms with E-state index in [9.17, 15) is 18.4 Å². The predicted molar refractivity (Wildman–Crippen MR) is 94.5 cm³/mol. The van der Waals surface area contributed by atoms with Crippen LogP contribution in [0.3, 0.4) is 0 Å². The number of fused-ring (bicyclic) bond motifs is 1. The van der Waals surface area contributed by atoms with E-state index in [-0.39, 0.29) is 35.2 Å². The molecule has 0 atom stereocenters. The number of hydrogen-bond acceptors (Lipinski definition) is 3. The third-order valence-corrected chi connectivity index (χ3v) is 5.08. The van der Waals surface area contributed by atoms with E-state index in [2.05, 4.69) is 10.6 Å². The lowest BCUT2D eigenvalue weighted by Crippen LogP contribution is -2.55. The van der Waals surface area contributed by atoms with Crippen LogP contribution in [0, 0.1) is 17.6 Å². The molecule has 0 bridgehead atoms. The van der Waals surface area contributed by atoms with Gasteiger partial charge >= 0.3 is 0 Å². The summed E-state index contributed by atoms with van der Waals surface area (Å²) in [7, 11) is 0. The molecule has 2 aliphatic rings. The highest BCUT2D eigenvalue weighted by Gasteiger charge is 2.48. The summed E-state index contributed by atoms with van der Waals surface area (Å²) in [6, 6.07) is 8.48. The van der Waals surface area contributed by atoms with Gasteiger partial charge in [-0.2, -0.15) is 0 Å². The van der Waals surface area contributed by atoms with Crippen LogP contribution < -0.4 is 15.4 Å². The molecule has 0 saturated heterocycles. The van der Waals surface area contributed by atoms with Crippen molar-refractivity contribution >= 4 is 17.5 Å². The van der Waals surface area contributed by atoms with E-state index in [1.165, 1.54) is 24.3 Å². The summed E-state index contributed by atoms with van der Waals surface area (Å²) in [5, 5.41) is 5.44. The number of carbonyl (C=O) groups is 2. The summed E-state index contributed by atoms with van der Waals surface area (Å²) in [5.74, 6) is -1.66. The zero-order chi connectivity index (χ0) is 19.2. The average molecular weight is 372 g/mol. The van der Waals surface area contributed by atoms with Crippen LogP contribution in [0.15, 0.2) is 36.4 Å². The Bertz CT molecular complexity index is 919. The molecule has 27 heavy (non-hydrogen) atoms. The number of hydrogen-bond donors (Lipinski definition) is 2. The minimum absolute atomic E-state index is 0.124. The first-order valence-corrected chi connectivity index (χ1v) is 8.72. The van der Waals surface area contributed by atoms with Crippen molar-refractivity contribution in [3.05, 3.63) is 59.2 Å². The van der Waals surface area contributed by atoms with Crippen LogP contribution in [0.2, 0.25) is 0 Å². The van der Waals surface area contributed by atoms with Crippen molar-refractivity contribution in [1.29, 1.82) is 0 Å². The van der Waals surface area contributed by atoms with Crippen LogP contribution in [-0.4, -0.2) is 18.4 Å². The van der Waals surface area contributed by atoms with Gasteiger partial charge in [-0.3, -0.25) is 9.59 Å². The van der Waals surface area contributed by atoms with Crippen LogP contribution in [-0.2, 0) is 10.3 Å². The van der Waals surface area contributed by atoms with Crippen molar-refractivity contribution in [3.8, 4) is 5.75 Å². The van der Waals surface area contributed by atoms with Gasteiger partial charge in [0, 0.05) is 5.56 Å². The van der Waals surface area contributed by atoms with Gasteiger partial charge in [0.05, 0.1) is 16.8 Å². The fraction of sp³-hybridized carbons (Fsp3) is 0.300. The zero-order valence-electron chi connectivity index (χ0n) is 14.6. The van der Waals surface area contributed by atoms with Crippen molar-refractivity contribution < 1.29 is 23.1 Å². The van der Waals surface area contributed by atoms with Crippen LogP contribution >= 0.6 is 0 Å². The Labute approximate surface area is 154 Å². The molecule has 2 N–H and O–H groups in total. The van der Waals surface area contributed by atoms with E-state index in [0.717, 1.165) is 0 Å². The number of ether oxygens (including phenoxy) is 1. The summed E-state index contributed by atoms with van der Waals surface area (Å²) in [4.78, 5) is 24.6. The van der Waals surface area contributed by atoms with Crippen LogP contribution in [0.1, 0.15) is 35.7 Å². The molecule has 1 heterocycles. The van der Waals surface area contributed by atoms with Gasteiger partial charge in [0.15, 0.2) is 6.61 Å². The summed E-state index contributed by atoms with van der Waals surface area (Å²) in [6.45, 7) is 1.83. The molecule has 0 radical (unpaired) electrons. The number of para-hydroxylation sites is 1. The predicted octanol–water partition coefficient (Wildman–Crippen LogP) is 3.35. The molecule has 0 spiro atoms. The monoisotopic (exact) mass is 372 g/mol. The highest BCUT2D eigenvalue weighted by molar-refractivity contribution is 6.07. The summed E-state index contributed by atoms with van der Waals surface area (Å²) < 4.78 is 34.1. The molecule has 1 aliphatic heterocycles. The van der Waals surface area contributed by atoms with Crippen molar-refractivity contribution in [2.75, 3.05) is 11.9 Å². The molecule has 2 amide bonds. The van der Waals surface area contributed by atoms with Gasteiger partial charge in [0.2, 0.25) is 0 Å². The van der Waals surface area contributed by atoms with Gasteiger partial charge in [-0.25, -0.2) is 8.78 Å². The number of halogens is 2. The molecule has 2 aromatic rings. The fourth-order valence-electron chi connectivity index (χ4n) is 4.03. The number of carbonyl (C=O) groups excluding carboxylic acids is 2. The number of benzene rings is 2. The highest BCUT2D eigenvalue weighted by Crippen LogP contribution is 2.47. The Balaban J connectivity index is 1.70. The average Bonchev–Trinajstić information content (AvgIpc) is 2.59. The second-order valence-electron chi connectivity index (χ2n) is 7.16. The molecule has 2 aromatic carbocycles. The molecule has 140 valence electrons. The molecule has 5 nitrogen and oxygen atoms in total. The van der Waals surface area contributed by atoms with Crippen LogP contribution in [0.25, 0.3) is 0 Å². The number of amides is 2. The Kier molecular flexibility index (Phi) is 4.09. The van der Waals surface area contributed by atoms with Gasteiger partial charge < -0.3 is 15.4 Å². The summed E-state index contributed by atoms with van der Waals surface area (Å²) in [5.41, 5.74) is -0.783. The fourth-order valence-corrected chi connectivity index (χ4v) is 4.03. The minimum Gasteiger partial charge on any atom is -0.482 e. The third kappa shape index (κ3) is 2.93. The topological polar surface area (TPSA) is 67.4 Å². The largest absolute Gasteiger partial charge is 0.482 e. The van der Waals surface area contributed by atoms with Gasteiger partial charge in [0.1, 0.15) is 17.4 Å². The molecular weight excluding hydrogens is 354 g/mol. The normalized spacial score (nSPS) is 23.5. The summed E-state index contributed by atoms with van der Waals surface area (Å²) in [6.07, 6.45) is 0.850.